The van der Waals surface area contributed by atoms with E-state index in [0.717, 1.165) is 6.08 Å². The summed E-state index contributed by atoms with van der Waals surface area (Å²) in [5.74, 6) is -1.14. The summed E-state index contributed by atoms with van der Waals surface area (Å²) in [4.78, 5) is 34.5. The van der Waals surface area contributed by atoms with Crippen molar-refractivity contribution in [3.05, 3.63) is 44.4 Å². The maximum Gasteiger partial charge on any atom is 0.376 e. The van der Waals surface area contributed by atoms with Gasteiger partial charge in [0.15, 0.2) is 0 Å². The third kappa shape index (κ3) is 3.00. The number of aromatic nitrogens is 1. The van der Waals surface area contributed by atoms with Crippen LogP contribution < -0.4 is 10.3 Å². The van der Waals surface area contributed by atoms with Gasteiger partial charge in [-0.3, -0.25) is 14.9 Å². The van der Waals surface area contributed by atoms with Crippen LogP contribution in [0.3, 0.4) is 0 Å². The molecule has 1 N–H and O–H groups in total. The van der Waals surface area contributed by atoms with Crippen molar-refractivity contribution in [2.24, 2.45) is 0 Å². The van der Waals surface area contributed by atoms with Gasteiger partial charge < -0.3 is 9.72 Å². The Morgan fingerprint density at radius 1 is 1.59 bits per heavy atom. The highest BCUT2D eigenvalue weighted by molar-refractivity contribution is 5.84. The van der Waals surface area contributed by atoms with Gasteiger partial charge in [0.1, 0.15) is 0 Å². The third-order valence-corrected chi connectivity index (χ3v) is 1.80. The number of carbonyl (C=O) groups is 1. The maximum absolute atomic E-state index is 11.3. The molecule has 0 radical (unpaired) electrons. The first-order valence-corrected chi connectivity index (χ1v) is 4.68. The van der Waals surface area contributed by atoms with Crippen LogP contribution in [0.1, 0.15) is 12.6 Å². The number of rotatable bonds is 3. The molecule has 1 aromatic rings. The summed E-state index contributed by atoms with van der Waals surface area (Å²) < 4.78 is 4.72. The highest BCUT2D eigenvalue weighted by Crippen LogP contribution is 2.22. The van der Waals surface area contributed by atoms with Gasteiger partial charge in [-0.1, -0.05) is 6.08 Å². The lowest BCUT2D eigenvalue weighted by atomic mass is 10.3. The summed E-state index contributed by atoms with van der Waals surface area (Å²) in [7, 11) is 0. The van der Waals surface area contributed by atoms with E-state index in [1.807, 2.05) is 0 Å². The van der Waals surface area contributed by atoms with Crippen molar-refractivity contribution in [2.45, 2.75) is 13.8 Å². The van der Waals surface area contributed by atoms with Gasteiger partial charge in [0, 0.05) is 17.8 Å². The third-order valence-electron chi connectivity index (χ3n) is 1.80. The molecule has 7 nitrogen and oxygen atoms in total. The fourth-order valence-electron chi connectivity index (χ4n) is 1.18. The topological polar surface area (TPSA) is 102 Å². The summed E-state index contributed by atoms with van der Waals surface area (Å²) in [6.45, 7) is 3.12. The fraction of sp³-hybridized carbons (Fsp3) is 0.200. The van der Waals surface area contributed by atoms with Crippen molar-refractivity contribution in [3.63, 3.8) is 0 Å². The molecule has 90 valence electrons. The van der Waals surface area contributed by atoms with Gasteiger partial charge in [0.05, 0.1) is 4.92 Å². The molecule has 0 aliphatic heterocycles. The van der Waals surface area contributed by atoms with Crippen LogP contribution in [-0.2, 0) is 4.79 Å². The zero-order chi connectivity index (χ0) is 13.0. The number of allylic oxidation sites excluding steroid dienone is 1. The Bertz CT molecular complexity index is 544. The molecule has 7 heteroatoms. The van der Waals surface area contributed by atoms with E-state index < -0.39 is 22.1 Å². The Kier molecular flexibility index (Phi) is 3.76. The van der Waals surface area contributed by atoms with Crippen molar-refractivity contribution < 1.29 is 14.5 Å². The van der Waals surface area contributed by atoms with Crippen LogP contribution in [0.4, 0.5) is 5.69 Å². The number of ether oxygens (including phenoxy) is 1. The van der Waals surface area contributed by atoms with Crippen LogP contribution in [0.2, 0.25) is 0 Å². The van der Waals surface area contributed by atoms with Crippen LogP contribution >= 0.6 is 0 Å². The molecule has 0 aliphatic carbocycles. The molecule has 0 saturated carbocycles. The van der Waals surface area contributed by atoms with E-state index in [-0.39, 0.29) is 5.75 Å². The van der Waals surface area contributed by atoms with E-state index in [4.69, 9.17) is 4.74 Å². The molecule has 0 bridgehead atoms. The molecule has 0 spiro atoms. The maximum atomic E-state index is 11.3. The van der Waals surface area contributed by atoms with Gasteiger partial charge >= 0.3 is 17.2 Å². The van der Waals surface area contributed by atoms with Gasteiger partial charge in [-0.25, -0.2) is 4.79 Å². The van der Waals surface area contributed by atoms with E-state index in [1.165, 1.54) is 19.1 Å². The molecule has 1 heterocycles. The van der Waals surface area contributed by atoms with Gasteiger partial charge in [-0.05, 0) is 13.8 Å². The SMILES string of the molecule is C/C=C/C(=O)Oc1cc(C)[nH]c(=O)c1[N+](=O)[O-]. The lowest BCUT2D eigenvalue weighted by Crippen LogP contribution is -2.16. The highest BCUT2D eigenvalue weighted by atomic mass is 16.6. The minimum Gasteiger partial charge on any atom is -0.416 e. The van der Waals surface area contributed by atoms with E-state index in [1.54, 1.807) is 6.92 Å². The molecule has 0 aromatic carbocycles. The lowest BCUT2D eigenvalue weighted by molar-refractivity contribution is -0.387. The number of H-pyrrole nitrogens is 1. The quantitative estimate of drug-likeness (QED) is 0.367. The van der Waals surface area contributed by atoms with Crippen LogP contribution in [-0.4, -0.2) is 15.9 Å². The zero-order valence-electron chi connectivity index (χ0n) is 9.22. The van der Waals surface area contributed by atoms with Crippen molar-refractivity contribution in [2.75, 3.05) is 0 Å². The molecule has 0 fully saturated rings. The van der Waals surface area contributed by atoms with Crippen LogP contribution in [0.25, 0.3) is 0 Å². The predicted octanol–water partition coefficient (Wildman–Crippen LogP) is 1.07. The Balaban J connectivity index is 3.26. The molecule has 17 heavy (non-hydrogen) atoms. The molecule has 0 amide bonds. The summed E-state index contributed by atoms with van der Waals surface area (Å²) in [5, 5.41) is 10.7. The average Bonchev–Trinajstić information content (AvgIpc) is 2.15. The largest absolute Gasteiger partial charge is 0.416 e. The normalized spacial score (nSPS) is 10.5. The van der Waals surface area contributed by atoms with Crippen molar-refractivity contribution >= 4 is 11.7 Å². The Morgan fingerprint density at radius 2 is 2.24 bits per heavy atom. The molecule has 1 rings (SSSR count). The number of aromatic amines is 1. The zero-order valence-corrected chi connectivity index (χ0v) is 9.22. The minimum absolute atomic E-state index is 0.362. The first-order chi connectivity index (χ1) is 7.95. The summed E-state index contributed by atoms with van der Waals surface area (Å²) in [6, 6.07) is 1.22. The molecule has 0 aliphatic rings. The first-order valence-electron chi connectivity index (χ1n) is 4.68. The van der Waals surface area contributed by atoms with E-state index >= 15 is 0 Å². The van der Waals surface area contributed by atoms with Crippen LogP contribution in [0.5, 0.6) is 5.75 Å². The molecule has 0 atom stereocenters. The monoisotopic (exact) mass is 238 g/mol. The van der Waals surface area contributed by atoms with Gasteiger partial charge in [0.2, 0.25) is 5.75 Å². The number of pyridine rings is 1. The smallest absolute Gasteiger partial charge is 0.376 e. The van der Waals surface area contributed by atoms with Crippen LogP contribution in [0, 0.1) is 17.0 Å². The summed E-state index contributed by atoms with van der Waals surface area (Å²) in [5.41, 5.74) is -1.32. The second kappa shape index (κ2) is 5.06. The molecule has 0 unspecified atom stereocenters. The number of nitrogens with zero attached hydrogens (tertiary/aromatic N) is 1. The van der Waals surface area contributed by atoms with Gasteiger partial charge in [0.25, 0.3) is 0 Å². The molecule has 1 aromatic heterocycles. The molecular formula is C10H10N2O5. The number of hydrogen-bond donors (Lipinski definition) is 1. The standard InChI is InChI=1S/C10H10N2O5/c1-3-4-8(13)17-7-5-6(2)11-10(14)9(7)12(15)16/h3-5H,1-2H3,(H,11,14)/b4-3+. The van der Waals surface area contributed by atoms with E-state index in [9.17, 15) is 19.7 Å². The van der Waals surface area contributed by atoms with Gasteiger partial charge in [-0.2, -0.15) is 0 Å². The summed E-state index contributed by atoms with van der Waals surface area (Å²) >= 11 is 0. The number of carbonyl (C=O) groups excluding carboxylic acids is 1. The van der Waals surface area contributed by atoms with Crippen molar-refractivity contribution in [1.29, 1.82) is 0 Å². The van der Waals surface area contributed by atoms with Crippen molar-refractivity contribution in [1.82, 2.24) is 4.98 Å². The number of hydrogen-bond acceptors (Lipinski definition) is 5. The molecule has 0 saturated heterocycles. The van der Waals surface area contributed by atoms with Crippen LogP contribution in [0.15, 0.2) is 23.0 Å². The number of esters is 1. The lowest BCUT2D eigenvalue weighted by Gasteiger charge is -2.02. The number of nitro groups is 1. The fourth-order valence-corrected chi connectivity index (χ4v) is 1.18. The second-order valence-corrected chi connectivity index (χ2v) is 3.17. The minimum atomic E-state index is -0.904. The number of aryl methyl sites for hydroxylation is 1. The Labute approximate surface area is 95.9 Å². The Hall–Kier alpha value is -2.44. The molecular weight excluding hydrogens is 228 g/mol. The summed E-state index contributed by atoms with van der Waals surface area (Å²) in [6.07, 6.45) is 2.52. The van der Waals surface area contributed by atoms with Gasteiger partial charge in [-0.15, -0.1) is 0 Å². The van der Waals surface area contributed by atoms with Crippen molar-refractivity contribution in [3.8, 4) is 5.75 Å². The Morgan fingerprint density at radius 3 is 2.76 bits per heavy atom. The average molecular weight is 238 g/mol. The van der Waals surface area contributed by atoms with E-state index in [0.29, 0.717) is 5.69 Å². The number of nitrogens with one attached hydrogen (secondary N) is 1. The second-order valence-electron chi connectivity index (χ2n) is 3.17. The van der Waals surface area contributed by atoms with E-state index in [2.05, 4.69) is 4.98 Å². The highest BCUT2D eigenvalue weighted by Gasteiger charge is 2.22. The first kappa shape index (κ1) is 12.6. The predicted molar refractivity (Wildman–Crippen MR) is 58.9 cm³/mol.